The van der Waals surface area contributed by atoms with Gasteiger partial charge in [0.25, 0.3) is 0 Å². The van der Waals surface area contributed by atoms with Gasteiger partial charge in [-0.1, -0.05) is 0 Å². The minimum absolute atomic E-state index is 0.0456. The quantitative estimate of drug-likeness (QED) is 0.0417. The van der Waals surface area contributed by atoms with E-state index >= 15 is 0 Å². The van der Waals surface area contributed by atoms with Gasteiger partial charge in [0.05, 0.1) is 110 Å². The Morgan fingerprint density at radius 2 is 0.614 bits per heavy atom. The second-order valence-corrected chi connectivity index (χ2v) is 12.2. The minimum Gasteiger partial charge on any atom is -0.549 e. The molecule has 0 rings (SSSR count). The van der Waals surface area contributed by atoms with E-state index in [1.807, 2.05) is 0 Å². The Morgan fingerprint density at radius 1 is 0.368 bits per heavy atom. The molecule has 0 spiro atoms. The first-order valence-corrected chi connectivity index (χ1v) is 18.5. The van der Waals surface area contributed by atoms with Gasteiger partial charge in [-0.25, -0.2) is 0 Å². The molecule has 0 unspecified atom stereocenters. The van der Waals surface area contributed by atoms with E-state index in [2.05, 4.69) is 21.3 Å². The number of hydrogen-bond acceptors (Lipinski definition) is 19. The molecule has 0 aromatic rings. The number of carbonyl (C=O) groups is 7. The van der Waals surface area contributed by atoms with Gasteiger partial charge in [-0.3, -0.25) is 33.9 Å². The third-order valence-corrected chi connectivity index (χ3v) is 7.12. The van der Waals surface area contributed by atoms with Crippen molar-refractivity contribution in [3.05, 3.63) is 0 Å². The Balaban J connectivity index is 4.51. The number of hydrogen-bond donors (Lipinski definition) is 4. The lowest BCUT2D eigenvalue weighted by molar-refractivity contribution is -0.308. The molecule has 0 aliphatic heterocycles. The van der Waals surface area contributed by atoms with Crippen LogP contribution in [0.25, 0.3) is 0 Å². The molecule has 0 aromatic carbocycles. The summed E-state index contributed by atoms with van der Waals surface area (Å²) >= 11 is 0. The molecule has 23 nitrogen and oxygen atoms in total. The maximum absolute atomic E-state index is 12.5. The van der Waals surface area contributed by atoms with Crippen LogP contribution in [0.5, 0.6) is 0 Å². The highest BCUT2D eigenvalue weighted by Gasteiger charge is 2.17. The molecule has 0 aliphatic carbocycles. The van der Waals surface area contributed by atoms with E-state index in [1.54, 1.807) is 0 Å². The second-order valence-electron chi connectivity index (χ2n) is 12.2. The van der Waals surface area contributed by atoms with Crippen molar-refractivity contribution in [1.29, 1.82) is 0 Å². The maximum atomic E-state index is 12.5. The summed E-state index contributed by atoms with van der Waals surface area (Å²) in [6, 6.07) is 0. The monoisotopic (exact) mass is 822 g/mol. The Hall–Kier alpha value is -4.07. The van der Waals surface area contributed by atoms with E-state index in [1.165, 1.54) is 28.5 Å². The van der Waals surface area contributed by atoms with Crippen LogP contribution in [0.3, 0.4) is 0 Å². The number of carbonyl (C=O) groups excluding carboxylic acids is 7. The molecule has 0 radical (unpaired) electrons. The summed E-state index contributed by atoms with van der Waals surface area (Å²) in [7, 11) is 0. The lowest BCUT2D eigenvalue weighted by Gasteiger charge is -2.30. The molecule has 57 heavy (non-hydrogen) atoms. The molecule has 0 saturated heterocycles. The average molecular weight is 823 g/mol. The van der Waals surface area contributed by atoms with Crippen LogP contribution in [-0.2, 0) is 62.0 Å². The summed E-state index contributed by atoms with van der Waals surface area (Å²) in [6.45, 7) is 4.68. The Labute approximate surface area is 332 Å². The van der Waals surface area contributed by atoms with Crippen LogP contribution in [0, 0.1) is 0 Å². The zero-order chi connectivity index (χ0) is 42.5. The highest BCUT2D eigenvalue weighted by Crippen LogP contribution is 1.97. The first-order valence-electron chi connectivity index (χ1n) is 18.5. The lowest BCUT2D eigenvalue weighted by Crippen LogP contribution is -2.50. The van der Waals surface area contributed by atoms with Crippen molar-refractivity contribution in [3.8, 4) is 0 Å². The first kappa shape index (κ1) is 52.9. The van der Waals surface area contributed by atoms with Crippen LogP contribution in [0.2, 0.25) is 0 Å². The number of ether oxygens (including phenoxy) is 6. The smallest absolute Gasteiger partial charge is 0.234 e. The summed E-state index contributed by atoms with van der Waals surface area (Å²) in [6.07, 6.45) is 0. The number of amides is 4. The fraction of sp³-hybridized carbons (Fsp3) is 0.794. The summed E-state index contributed by atoms with van der Waals surface area (Å²) < 4.78 is 32.1. The van der Waals surface area contributed by atoms with Gasteiger partial charge in [0.2, 0.25) is 23.6 Å². The average Bonchev–Trinajstić information content (AvgIpc) is 3.12. The first-order chi connectivity index (χ1) is 27.3. The van der Waals surface area contributed by atoms with Crippen LogP contribution in [0.15, 0.2) is 0 Å². The Morgan fingerprint density at radius 3 is 0.895 bits per heavy atom. The predicted molar refractivity (Wildman–Crippen MR) is 193 cm³/mol. The van der Waals surface area contributed by atoms with Crippen LogP contribution >= 0.6 is 0 Å². The zero-order valence-electron chi connectivity index (χ0n) is 33.1. The van der Waals surface area contributed by atoms with E-state index in [-0.39, 0.29) is 90.6 Å². The molecule has 4 N–H and O–H groups in total. The molecule has 0 fully saturated rings. The topological polar surface area (TPSA) is 302 Å². The van der Waals surface area contributed by atoms with Gasteiger partial charge in [-0.15, -0.1) is 0 Å². The molecule has 0 saturated carbocycles. The summed E-state index contributed by atoms with van der Waals surface area (Å²) in [5, 5.41) is 44.6. The van der Waals surface area contributed by atoms with E-state index in [4.69, 9.17) is 28.4 Å². The fourth-order valence-electron chi connectivity index (χ4n) is 4.54. The third-order valence-electron chi connectivity index (χ3n) is 7.12. The van der Waals surface area contributed by atoms with Crippen molar-refractivity contribution in [2.75, 3.05) is 164 Å². The van der Waals surface area contributed by atoms with E-state index in [9.17, 15) is 48.9 Å². The molecule has 0 atom stereocenters. The van der Waals surface area contributed by atoms with Gasteiger partial charge in [0.1, 0.15) is 0 Å². The lowest BCUT2D eigenvalue weighted by atomic mass is 10.3. The predicted octanol–water partition coefficient (Wildman–Crippen LogP) is -8.25. The van der Waals surface area contributed by atoms with E-state index in [0.717, 1.165) is 0 Å². The molecular weight excluding hydrogens is 762 g/mol. The molecule has 0 heterocycles. The minimum atomic E-state index is -1.46. The Bertz CT molecular complexity index is 1080. The van der Waals surface area contributed by atoms with Gasteiger partial charge < -0.3 is 79.4 Å². The van der Waals surface area contributed by atoms with Crippen molar-refractivity contribution in [1.82, 2.24) is 36.0 Å². The van der Waals surface area contributed by atoms with E-state index < -0.39 is 49.4 Å². The van der Waals surface area contributed by atoms with Gasteiger partial charge in [-0.05, 0) is 0 Å². The number of carboxylic acid groups (broad SMARTS) is 3. The molecule has 0 aromatic heterocycles. The van der Waals surface area contributed by atoms with Gasteiger partial charge >= 0.3 is 0 Å². The molecule has 23 heteroatoms. The number of nitrogens with zero attached hydrogens (tertiary/aromatic N) is 3. The van der Waals surface area contributed by atoms with Crippen LogP contribution in [0.4, 0.5) is 0 Å². The summed E-state index contributed by atoms with van der Waals surface area (Å²) in [5.41, 5.74) is 0. The molecule has 4 amide bonds. The van der Waals surface area contributed by atoms with Crippen molar-refractivity contribution >= 4 is 41.5 Å². The van der Waals surface area contributed by atoms with Gasteiger partial charge in [0, 0.05) is 85.8 Å². The third kappa shape index (κ3) is 38.6. The molecule has 0 aliphatic rings. The van der Waals surface area contributed by atoms with Crippen molar-refractivity contribution in [3.63, 3.8) is 0 Å². The van der Waals surface area contributed by atoms with Crippen molar-refractivity contribution in [2.45, 2.75) is 13.8 Å². The highest BCUT2D eigenvalue weighted by atomic mass is 16.5. The highest BCUT2D eigenvalue weighted by molar-refractivity contribution is 5.79. The summed E-state index contributed by atoms with van der Waals surface area (Å²) in [5.74, 6) is -5.66. The number of nitrogens with one attached hydrogen (secondary N) is 4. The van der Waals surface area contributed by atoms with Gasteiger partial charge in [-0.2, -0.15) is 0 Å². The standard InChI is InChI=1S/C34H63N7O16/c1-28(42)35-3-11-52-15-19-56-21-17-54-13-5-37-30(44)23-40(26-33(48)49)9-7-39(25-32(46)47)8-10-41(27-34(50)51)24-31(45)38-6-14-55-18-22-57-20-16-53-12-4-36-29(2)43/h3-27H2,1-2H3,(H,35,42)(H,36,43)(H,37,44)(H,38,45)(H,46,47)(H,48,49)(H,50,51)/p-3. The van der Waals surface area contributed by atoms with Crippen molar-refractivity contribution in [2.24, 2.45) is 0 Å². The Kier molecular flexibility index (Phi) is 33.7. The van der Waals surface area contributed by atoms with Crippen LogP contribution in [0.1, 0.15) is 13.8 Å². The molecular formula is C34H60N7O16-3. The normalized spacial score (nSPS) is 11.2. The summed E-state index contributed by atoms with van der Waals surface area (Å²) in [4.78, 5) is 84.5. The van der Waals surface area contributed by atoms with E-state index in [0.29, 0.717) is 65.9 Å². The number of aliphatic carboxylic acids is 3. The zero-order valence-corrected chi connectivity index (χ0v) is 33.1. The second kappa shape index (κ2) is 36.3. The molecule has 0 bridgehead atoms. The van der Waals surface area contributed by atoms with Crippen LogP contribution < -0.4 is 36.6 Å². The SMILES string of the molecule is CC(=O)NCCOCCOCCOCCNC(=O)CN(CCN(CCN(CC(=O)[O-])CC(=O)NCCOCCOCCOCCNC(C)=O)CC(=O)[O-])CC(=O)[O-]. The van der Waals surface area contributed by atoms with Gasteiger partial charge in [0.15, 0.2) is 0 Å². The maximum Gasteiger partial charge on any atom is 0.234 e. The largest absolute Gasteiger partial charge is 0.549 e. The van der Waals surface area contributed by atoms with Crippen LogP contribution in [-0.4, -0.2) is 221 Å². The van der Waals surface area contributed by atoms with Crippen molar-refractivity contribution < 1.29 is 77.3 Å². The number of carboxylic acids is 3. The molecule has 330 valence electrons. The number of rotatable bonds is 40. The fourth-order valence-corrected chi connectivity index (χ4v) is 4.54.